The maximum absolute atomic E-state index is 5.56. The molecule has 0 atom stereocenters. The monoisotopic (exact) mass is 238 g/mol. The molecule has 0 unspecified atom stereocenters. The van der Waals surface area contributed by atoms with Gasteiger partial charge < -0.3 is 4.74 Å². The number of rotatable bonds is 1. The molecule has 0 N–H and O–H groups in total. The van der Waals surface area contributed by atoms with E-state index in [0.717, 1.165) is 12.2 Å². The minimum Gasteiger partial charge on any atom is -0.496 e. The zero-order valence-electron chi connectivity index (χ0n) is 11.2. The van der Waals surface area contributed by atoms with E-state index in [1.165, 1.54) is 22.3 Å². The lowest BCUT2D eigenvalue weighted by molar-refractivity contribution is 0.398. The molecule has 3 rings (SSSR count). The van der Waals surface area contributed by atoms with Crippen LogP contribution < -0.4 is 4.74 Å². The zero-order valence-corrected chi connectivity index (χ0v) is 11.2. The first-order valence-corrected chi connectivity index (χ1v) is 6.39. The number of hydrogen-bond acceptors (Lipinski definition) is 1. The Morgan fingerprint density at radius 3 is 2.44 bits per heavy atom. The third-order valence-electron chi connectivity index (χ3n) is 4.03. The molecule has 0 saturated carbocycles. The van der Waals surface area contributed by atoms with E-state index in [4.69, 9.17) is 4.74 Å². The molecule has 0 amide bonds. The lowest BCUT2D eigenvalue weighted by Crippen LogP contribution is -2.27. The van der Waals surface area contributed by atoms with Gasteiger partial charge in [-0.05, 0) is 29.2 Å². The molecular weight excluding hydrogens is 220 g/mol. The molecule has 1 aliphatic carbocycles. The smallest absolute Gasteiger partial charge is 0.123 e. The number of fused-ring (bicyclic) bond motifs is 2. The van der Waals surface area contributed by atoms with Crippen LogP contribution in [0.3, 0.4) is 0 Å². The van der Waals surface area contributed by atoms with E-state index in [9.17, 15) is 0 Å². The summed E-state index contributed by atoms with van der Waals surface area (Å²) in [5.74, 6) is 1.01. The molecule has 0 heterocycles. The molecule has 2 aromatic rings. The van der Waals surface area contributed by atoms with Gasteiger partial charge in [0.2, 0.25) is 0 Å². The van der Waals surface area contributed by atoms with Crippen LogP contribution in [0.1, 0.15) is 36.1 Å². The van der Waals surface area contributed by atoms with Crippen molar-refractivity contribution in [2.24, 2.45) is 0 Å². The maximum atomic E-state index is 5.56. The number of ether oxygens (including phenoxy) is 1. The van der Waals surface area contributed by atoms with Gasteiger partial charge in [-0.25, -0.2) is 0 Å². The predicted octanol–water partition coefficient (Wildman–Crippen LogP) is 3.93. The maximum Gasteiger partial charge on any atom is 0.123 e. The molecule has 18 heavy (non-hydrogen) atoms. The van der Waals surface area contributed by atoms with Crippen LogP contribution in [0, 0.1) is 0 Å². The van der Waals surface area contributed by atoms with E-state index >= 15 is 0 Å². The number of methoxy groups -OCH3 is 1. The summed E-state index contributed by atoms with van der Waals surface area (Å²) < 4.78 is 5.56. The van der Waals surface area contributed by atoms with Crippen molar-refractivity contribution in [3.8, 4) is 5.75 Å². The molecule has 1 nitrogen and oxygen atoms in total. The Bertz CT molecular complexity index is 596. The molecule has 0 bridgehead atoms. The van der Waals surface area contributed by atoms with Crippen molar-refractivity contribution in [2.45, 2.75) is 25.7 Å². The van der Waals surface area contributed by atoms with Gasteiger partial charge in [-0.15, -0.1) is 0 Å². The Balaban J connectivity index is 2.29. The molecule has 0 saturated heterocycles. The van der Waals surface area contributed by atoms with E-state index in [2.05, 4.69) is 56.3 Å². The van der Waals surface area contributed by atoms with Crippen molar-refractivity contribution < 1.29 is 4.74 Å². The van der Waals surface area contributed by atoms with Crippen molar-refractivity contribution in [3.63, 3.8) is 0 Å². The first kappa shape index (κ1) is 11.3. The van der Waals surface area contributed by atoms with Crippen LogP contribution in [0.5, 0.6) is 5.75 Å². The third kappa shape index (κ3) is 1.47. The van der Waals surface area contributed by atoms with Crippen LogP contribution in [0.25, 0.3) is 0 Å². The van der Waals surface area contributed by atoms with Gasteiger partial charge in [0.05, 0.1) is 7.11 Å². The second-order valence-corrected chi connectivity index (χ2v) is 5.45. The Hall–Kier alpha value is -1.76. The van der Waals surface area contributed by atoms with E-state index in [0.29, 0.717) is 0 Å². The van der Waals surface area contributed by atoms with Crippen molar-refractivity contribution in [3.05, 3.63) is 64.7 Å². The fourth-order valence-corrected chi connectivity index (χ4v) is 3.23. The zero-order chi connectivity index (χ0) is 12.8. The molecule has 1 aliphatic rings. The number of hydrogen-bond donors (Lipinski definition) is 0. The van der Waals surface area contributed by atoms with Crippen molar-refractivity contribution in [2.75, 3.05) is 7.11 Å². The molecule has 0 spiro atoms. The normalized spacial score (nSPS) is 15.7. The van der Waals surface area contributed by atoms with E-state index in [-0.39, 0.29) is 5.41 Å². The molecule has 92 valence electrons. The summed E-state index contributed by atoms with van der Waals surface area (Å²) >= 11 is 0. The average molecular weight is 238 g/mol. The molecular formula is C17H18O. The second-order valence-electron chi connectivity index (χ2n) is 5.45. The van der Waals surface area contributed by atoms with Crippen molar-refractivity contribution in [1.29, 1.82) is 0 Å². The van der Waals surface area contributed by atoms with Gasteiger partial charge in [0.1, 0.15) is 5.75 Å². The summed E-state index contributed by atoms with van der Waals surface area (Å²) in [5.41, 5.74) is 5.59. The minimum absolute atomic E-state index is 0.0107. The van der Waals surface area contributed by atoms with Gasteiger partial charge in [0.15, 0.2) is 0 Å². The van der Waals surface area contributed by atoms with Gasteiger partial charge in [-0.1, -0.05) is 50.2 Å². The fourth-order valence-electron chi connectivity index (χ4n) is 3.23. The molecule has 0 radical (unpaired) electrons. The van der Waals surface area contributed by atoms with Gasteiger partial charge in [-0.2, -0.15) is 0 Å². The fraction of sp³-hybridized carbons (Fsp3) is 0.294. The van der Waals surface area contributed by atoms with E-state index in [1.54, 1.807) is 7.11 Å². The molecule has 1 heteroatoms. The predicted molar refractivity (Wildman–Crippen MR) is 74.4 cm³/mol. The Morgan fingerprint density at radius 2 is 1.67 bits per heavy atom. The van der Waals surface area contributed by atoms with Crippen LogP contribution in [-0.4, -0.2) is 7.11 Å². The Labute approximate surface area is 108 Å². The molecule has 2 aromatic carbocycles. The summed E-state index contributed by atoms with van der Waals surface area (Å²) in [5, 5.41) is 0. The van der Waals surface area contributed by atoms with Crippen LogP contribution in [0.2, 0.25) is 0 Å². The quantitative estimate of drug-likeness (QED) is 0.731. The van der Waals surface area contributed by atoms with Crippen LogP contribution in [0.4, 0.5) is 0 Å². The Kier molecular flexibility index (Phi) is 2.44. The first-order chi connectivity index (χ1) is 8.64. The highest BCUT2D eigenvalue weighted by molar-refractivity contribution is 5.57. The SMILES string of the molecule is COc1cccc2c1C(C)(C)c1ccccc1C2. The summed E-state index contributed by atoms with van der Waals surface area (Å²) in [6.07, 6.45) is 1.01. The summed E-state index contributed by atoms with van der Waals surface area (Å²) in [7, 11) is 1.76. The van der Waals surface area contributed by atoms with Crippen LogP contribution in [-0.2, 0) is 11.8 Å². The first-order valence-electron chi connectivity index (χ1n) is 6.39. The standard InChI is InChI=1S/C17H18O/c1-17(2)14-9-5-4-7-12(14)11-13-8-6-10-15(18-3)16(13)17/h4-10H,11H2,1-3H3. The summed E-state index contributed by atoms with van der Waals surface area (Å²) in [6.45, 7) is 4.57. The highest BCUT2D eigenvalue weighted by atomic mass is 16.5. The van der Waals surface area contributed by atoms with Gasteiger partial charge in [0.25, 0.3) is 0 Å². The molecule has 0 aliphatic heterocycles. The van der Waals surface area contributed by atoms with E-state index in [1.807, 2.05) is 0 Å². The van der Waals surface area contributed by atoms with E-state index < -0.39 is 0 Å². The number of benzene rings is 2. The van der Waals surface area contributed by atoms with Crippen LogP contribution in [0.15, 0.2) is 42.5 Å². The van der Waals surface area contributed by atoms with Crippen molar-refractivity contribution >= 4 is 0 Å². The highest BCUT2D eigenvalue weighted by Gasteiger charge is 2.34. The summed E-state index contributed by atoms with van der Waals surface area (Å²) in [6, 6.07) is 15.1. The van der Waals surface area contributed by atoms with Crippen molar-refractivity contribution in [1.82, 2.24) is 0 Å². The van der Waals surface area contributed by atoms with Crippen LogP contribution >= 0.6 is 0 Å². The highest BCUT2D eigenvalue weighted by Crippen LogP contribution is 2.45. The molecule has 0 fully saturated rings. The average Bonchev–Trinajstić information content (AvgIpc) is 2.38. The van der Waals surface area contributed by atoms with Gasteiger partial charge >= 0.3 is 0 Å². The largest absolute Gasteiger partial charge is 0.496 e. The Morgan fingerprint density at radius 1 is 0.944 bits per heavy atom. The molecule has 0 aromatic heterocycles. The lowest BCUT2D eigenvalue weighted by atomic mass is 9.68. The summed E-state index contributed by atoms with van der Waals surface area (Å²) in [4.78, 5) is 0. The van der Waals surface area contributed by atoms with Gasteiger partial charge in [0, 0.05) is 11.0 Å². The van der Waals surface area contributed by atoms with Gasteiger partial charge in [-0.3, -0.25) is 0 Å². The third-order valence-corrected chi connectivity index (χ3v) is 4.03. The minimum atomic E-state index is 0.0107. The second kappa shape index (κ2) is 3.88. The topological polar surface area (TPSA) is 9.23 Å². The lowest BCUT2D eigenvalue weighted by Gasteiger charge is -2.36.